The monoisotopic (exact) mass is 521 g/mol. The molecule has 1 fully saturated rings. The summed E-state index contributed by atoms with van der Waals surface area (Å²) in [7, 11) is 1.65. The van der Waals surface area contributed by atoms with Gasteiger partial charge in [-0.1, -0.05) is 55.5 Å². The molecule has 0 spiro atoms. The molecular formula is C28H31N3O3S2. The van der Waals surface area contributed by atoms with Crippen LogP contribution in [0, 0.1) is 6.92 Å². The number of thioether (sulfide) groups is 1. The van der Waals surface area contributed by atoms with Gasteiger partial charge in [0.15, 0.2) is 0 Å². The van der Waals surface area contributed by atoms with Crippen LogP contribution in [0.3, 0.4) is 0 Å². The summed E-state index contributed by atoms with van der Waals surface area (Å²) in [6.45, 7) is 6.03. The lowest BCUT2D eigenvalue weighted by atomic mass is 10.0. The highest BCUT2D eigenvalue weighted by Gasteiger charge is 2.32. The Labute approximate surface area is 222 Å². The Morgan fingerprint density at radius 3 is 2.64 bits per heavy atom. The molecule has 1 aliphatic heterocycles. The second kappa shape index (κ2) is 12.3. The number of rotatable bonds is 11. The number of para-hydroxylation sites is 1. The fourth-order valence-electron chi connectivity index (χ4n) is 3.92. The third-order valence-corrected chi connectivity index (χ3v) is 7.24. The number of aromatic nitrogens is 2. The Morgan fingerprint density at radius 1 is 1.11 bits per heavy atom. The number of carbonyl (C=O) groups excluding carboxylic acids is 1. The molecular weight excluding hydrogens is 490 g/mol. The van der Waals surface area contributed by atoms with Crippen LogP contribution in [0.4, 0.5) is 0 Å². The van der Waals surface area contributed by atoms with Gasteiger partial charge in [0.05, 0.1) is 17.2 Å². The number of hydrogen-bond donors (Lipinski definition) is 0. The standard InChI is InChI=1S/C28H31N3O3S2/c1-4-5-16-34-24-13-12-21(17-20(24)2)26-22(19-31(29-26)23-10-7-6-8-11-23)18-25-27(32)30(28(35)36-25)14-9-15-33-3/h6-8,10-13,17-19H,4-5,9,14-16H2,1-3H3. The summed E-state index contributed by atoms with van der Waals surface area (Å²) in [5.41, 5.74) is 4.61. The molecule has 1 saturated heterocycles. The number of hydrogen-bond acceptors (Lipinski definition) is 6. The Balaban J connectivity index is 1.69. The molecule has 1 aliphatic rings. The molecule has 1 amide bonds. The molecule has 0 saturated carbocycles. The Kier molecular flexibility index (Phi) is 8.96. The SMILES string of the molecule is CCCCOc1ccc(-c2nn(-c3ccccc3)cc2C=C2SC(=S)N(CCCOC)C2=O)cc1C. The molecule has 0 N–H and O–H groups in total. The summed E-state index contributed by atoms with van der Waals surface area (Å²) >= 11 is 6.83. The second-order valence-electron chi connectivity index (χ2n) is 8.58. The highest BCUT2D eigenvalue weighted by atomic mass is 32.2. The Bertz CT molecular complexity index is 1250. The van der Waals surface area contributed by atoms with Crippen LogP contribution in [0.5, 0.6) is 5.75 Å². The minimum absolute atomic E-state index is 0.0737. The lowest BCUT2D eigenvalue weighted by Crippen LogP contribution is -2.29. The maximum Gasteiger partial charge on any atom is 0.266 e. The number of carbonyl (C=O) groups is 1. The highest BCUT2D eigenvalue weighted by molar-refractivity contribution is 8.26. The van der Waals surface area contributed by atoms with Gasteiger partial charge in [-0.2, -0.15) is 5.10 Å². The van der Waals surface area contributed by atoms with E-state index in [1.54, 1.807) is 12.0 Å². The van der Waals surface area contributed by atoms with E-state index >= 15 is 0 Å². The van der Waals surface area contributed by atoms with Gasteiger partial charge < -0.3 is 9.47 Å². The maximum atomic E-state index is 13.1. The van der Waals surface area contributed by atoms with Crippen molar-refractivity contribution in [2.24, 2.45) is 0 Å². The van der Waals surface area contributed by atoms with Crippen LogP contribution in [-0.2, 0) is 9.53 Å². The van der Waals surface area contributed by atoms with E-state index in [0.29, 0.717) is 29.0 Å². The zero-order chi connectivity index (χ0) is 25.5. The average Bonchev–Trinajstić information content (AvgIpc) is 3.42. The number of benzene rings is 2. The zero-order valence-corrected chi connectivity index (χ0v) is 22.5. The minimum Gasteiger partial charge on any atom is -0.493 e. The first-order valence-electron chi connectivity index (χ1n) is 12.1. The first-order valence-corrected chi connectivity index (χ1v) is 13.4. The average molecular weight is 522 g/mol. The van der Waals surface area contributed by atoms with Crippen LogP contribution in [0.25, 0.3) is 23.0 Å². The van der Waals surface area contributed by atoms with Crippen molar-refractivity contribution in [3.05, 3.63) is 70.8 Å². The smallest absolute Gasteiger partial charge is 0.266 e. The van der Waals surface area contributed by atoms with E-state index in [1.165, 1.54) is 11.8 Å². The van der Waals surface area contributed by atoms with Crippen LogP contribution in [-0.4, -0.2) is 51.8 Å². The highest BCUT2D eigenvalue weighted by Crippen LogP contribution is 2.35. The molecule has 188 valence electrons. The van der Waals surface area contributed by atoms with Gasteiger partial charge in [0.25, 0.3) is 5.91 Å². The van der Waals surface area contributed by atoms with Crippen LogP contribution < -0.4 is 4.74 Å². The molecule has 8 heteroatoms. The summed E-state index contributed by atoms with van der Waals surface area (Å²) in [4.78, 5) is 15.4. The van der Waals surface area contributed by atoms with E-state index in [0.717, 1.165) is 53.1 Å². The zero-order valence-electron chi connectivity index (χ0n) is 20.9. The Hall–Kier alpha value is -2.94. The molecule has 0 radical (unpaired) electrons. The summed E-state index contributed by atoms with van der Waals surface area (Å²) < 4.78 is 13.5. The van der Waals surface area contributed by atoms with E-state index in [9.17, 15) is 4.79 Å². The van der Waals surface area contributed by atoms with Crippen LogP contribution in [0.15, 0.2) is 59.6 Å². The molecule has 0 unspecified atom stereocenters. The third-order valence-electron chi connectivity index (χ3n) is 5.86. The van der Waals surface area contributed by atoms with Crippen molar-refractivity contribution in [2.45, 2.75) is 33.1 Å². The summed E-state index contributed by atoms with van der Waals surface area (Å²) in [5.74, 6) is 0.809. The van der Waals surface area contributed by atoms with Gasteiger partial charge in [-0.05, 0) is 61.7 Å². The quantitative estimate of drug-likeness (QED) is 0.169. The van der Waals surface area contributed by atoms with Crippen molar-refractivity contribution in [3.8, 4) is 22.7 Å². The fourth-order valence-corrected chi connectivity index (χ4v) is 5.22. The van der Waals surface area contributed by atoms with Crippen molar-refractivity contribution >= 4 is 40.3 Å². The fraction of sp³-hybridized carbons (Fsp3) is 0.321. The van der Waals surface area contributed by atoms with Crippen LogP contribution >= 0.6 is 24.0 Å². The topological polar surface area (TPSA) is 56.6 Å². The van der Waals surface area contributed by atoms with Crippen molar-refractivity contribution in [1.29, 1.82) is 0 Å². The van der Waals surface area contributed by atoms with Gasteiger partial charge in [-0.15, -0.1) is 0 Å². The van der Waals surface area contributed by atoms with Gasteiger partial charge in [-0.3, -0.25) is 9.69 Å². The number of amides is 1. The van der Waals surface area contributed by atoms with Crippen molar-refractivity contribution < 1.29 is 14.3 Å². The molecule has 0 aliphatic carbocycles. The minimum atomic E-state index is -0.0737. The normalized spacial score (nSPS) is 14.8. The van der Waals surface area contributed by atoms with Crippen LogP contribution in [0.2, 0.25) is 0 Å². The van der Waals surface area contributed by atoms with Gasteiger partial charge >= 0.3 is 0 Å². The van der Waals surface area contributed by atoms with Crippen LogP contribution in [0.1, 0.15) is 37.3 Å². The van der Waals surface area contributed by atoms with Gasteiger partial charge in [-0.25, -0.2) is 4.68 Å². The molecule has 36 heavy (non-hydrogen) atoms. The lowest BCUT2D eigenvalue weighted by molar-refractivity contribution is -0.122. The number of methoxy groups -OCH3 is 1. The van der Waals surface area contributed by atoms with Crippen molar-refractivity contribution in [3.63, 3.8) is 0 Å². The van der Waals surface area contributed by atoms with E-state index < -0.39 is 0 Å². The van der Waals surface area contributed by atoms with E-state index in [1.807, 2.05) is 66.3 Å². The lowest BCUT2D eigenvalue weighted by Gasteiger charge is -2.13. The number of thiocarbonyl (C=S) groups is 1. The third kappa shape index (κ3) is 6.06. The molecule has 2 heterocycles. The predicted octanol–water partition coefficient (Wildman–Crippen LogP) is 6.26. The van der Waals surface area contributed by atoms with Gasteiger partial charge in [0.2, 0.25) is 0 Å². The largest absolute Gasteiger partial charge is 0.493 e. The predicted molar refractivity (Wildman–Crippen MR) is 151 cm³/mol. The molecule has 1 aromatic heterocycles. The summed E-state index contributed by atoms with van der Waals surface area (Å²) in [6.07, 6.45) is 6.72. The van der Waals surface area contributed by atoms with Gasteiger partial charge in [0, 0.05) is 37.6 Å². The van der Waals surface area contributed by atoms with E-state index in [-0.39, 0.29) is 5.91 Å². The molecule has 2 aromatic carbocycles. The van der Waals surface area contributed by atoms with E-state index in [2.05, 4.69) is 13.0 Å². The molecule has 0 atom stereocenters. The summed E-state index contributed by atoms with van der Waals surface area (Å²) in [5, 5.41) is 4.91. The Morgan fingerprint density at radius 2 is 1.92 bits per heavy atom. The number of ether oxygens (including phenoxy) is 2. The first-order chi connectivity index (χ1) is 17.5. The molecule has 3 aromatic rings. The summed E-state index contributed by atoms with van der Waals surface area (Å²) in [6, 6.07) is 16.1. The van der Waals surface area contributed by atoms with Gasteiger partial charge in [0.1, 0.15) is 15.8 Å². The van der Waals surface area contributed by atoms with E-state index in [4.69, 9.17) is 26.8 Å². The molecule has 4 rings (SSSR count). The van der Waals surface area contributed by atoms with Crippen molar-refractivity contribution in [1.82, 2.24) is 14.7 Å². The second-order valence-corrected chi connectivity index (χ2v) is 10.3. The van der Waals surface area contributed by atoms with Crippen molar-refractivity contribution in [2.75, 3.05) is 26.9 Å². The molecule has 0 bridgehead atoms. The molecule has 6 nitrogen and oxygen atoms in total. The number of aryl methyl sites for hydroxylation is 1. The number of unbranched alkanes of at least 4 members (excludes halogenated alkanes) is 1. The first kappa shape index (κ1) is 26.1. The maximum absolute atomic E-state index is 13.1. The number of nitrogens with zero attached hydrogens (tertiary/aromatic N) is 3.